The number of hydrogen-bond acceptors (Lipinski definition) is 5. The molecule has 3 rings (SSSR count). The van der Waals surface area contributed by atoms with E-state index in [2.05, 4.69) is 15.3 Å². The number of furan rings is 1. The molecule has 0 unspecified atom stereocenters. The molecule has 7 heteroatoms. The minimum Gasteiger partial charge on any atom is -0.472 e. The van der Waals surface area contributed by atoms with E-state index >= 15 is 0 Å². The first-order chi connectivity index (χ1) is 9.74. The third-order valence-corrected chi connectivity index (χ3v) is 3.91. The fourth-order valence-corrected chi connectivity index (χ4v) is 2.70. The van der Waals surface area contributed by atoms with E-state index < -0.39 is 0 Å². The lowest BCUT2D eigenvalue weighted by molar-refractivity contribution is 0.102. The number of aromatic nitrogens is 2. The van der Waals surface area contributed by atoms with Crippen LogP contribution in [0.5, 0.6) is 0 Å². The Hall–Kier alpha value is -2.18. The number of nitrogens with zero attached hydrogens (tertiary/aromatic N) is 2. The number of nitrogens with one attached hydrogen (secondary N) is 1. The Morgan fingerprint density at radius 1 is 1.38 bits per heavy atom. The second-order valence-electron chi connectivity index (χ2n) is 3.85. The maximum atomic E-state index is 11.9. The van der Waals surface area contributed by atoms with Crippen LogP contribution in [0.3, 0.4) is 0 Å². The molecule has 21 heavy (non-hydrogen) atoms. The number of rotatable bonds is 3. The number of anilines is 1. The molecule has 3 aromatic rings. The van der Waals surface area contributed by atoms with E-state index in [-0.39, 0.29) is 18.5 Å². The van der Waals surface area contributed by atoms with Gasteiger partial charge in [-0.25, -0.2) is 4.98 Å². The molecule has 0 saturated heterocycles. The van der Waals surface area contributed by atoms with Crippen LogP contribution in [-0.4, -0.2) is 15.9 Å². The molecule has 0 aliphatic heterocycles. The van der Waals surface area contributed by atoms with Gasteiger partial charge in [0.15, 0.2) is 5.15 Å². The van der Waals surface area contributed by atoms with Gasteiger partial charge in [-0.3, -0.25) is 9.78 Å². The normalized spacial score (nSPS) is 9.95. The third-order valence-electron chi connectivity index (χ3n) is 2.50. The minimum atomic E-state index is -0.290. The van der Waals surface area contributed by atoms with Crippen molar-refractivity contribution in [2.45, 2.75) is 7.43 Å². The Kier molecular flexibility index (Phi) is 4.72. The highest BCUT2D eigenvalue weighted by molar-refractivity contribution is 7.19. The second-order valence-corrected chi connectivity index (χ2v) is 5.20. The number of thiazole rings is 1. The van der Waals surface area contributed by atoms with Gasteiger partial charge >= 0.3 is 0 Å². The quantitative estimate of drug-likeness (QED) is 0.779. The van der Waals surface area contributed by atoms with Crippen molar-refractivity contribution in [2.24, 2.45) is 0 Å². The molecular weight excluding hydrogens is 310 g/mol. The average Bonchev–Trinajstić information content (AvgIpc) is 3.10. The van der Waals surface area contributed by atoms with E-state index in [9.17, 15) is 4.79 Å². The van der Waals surface area contributed by atoms with Crippen molar-refractivity contribution in [1.82, 2.24) is 9.97 Å². The monoisotopic (exact) mass is 321 g/mol. The summed E-state index contributed by atoms with van der Waals surface area (Å²) in [5.74, 6) is -0.290. The van der Waals surface area contributed by atoms with Crippen LogP contribution in [0.15, 0.2) is 47.5 Å². The van der Waals surface area contributed by atoms with Crippen LogP contribution in [0, 0.1) is 0 Å². The largest absolute Gasteiger partial charge is 0.472 e. The number of halogens is 1. The number of pyridine rings is 1. The molecule has 3 aromatic heterocycles. The van der Waals surface area contributed by atoms with Gasteiger partial charge in [-0.1, -0.05) is 30.4 Å². The summed E-state index contributed by atoms with van der Waals surface area (Å²) >= 11 is 7.33. The van der Waals surface area contributed by atoms with Gasteiger partial charge in [0.25, 0.3) is 5.91 Å². The fourth-order valence-electron chi connectivity index (χ4n) is 1.56. The Balaban J connectivity index is 0.00000161. The lowest BCUT2D eigenvalue weighted by Gasteiger charge is -1.98. The van der Waals surface area contributed by atoms with E-state index in [0.717, 1.165) is 5.56 Å². The molecular formula is C14H12ClN3O2S. The molecule has 108 valence electrons. The molecule has 0 aliphatic rings. The summed E-state index contributed by atoms with van der Waals surface area (Å²) in [6, 6.07) is 5.27. The van der Waals surface area contributed by atoms with Gasteiger partial charge in [0, 0.05) is 18.0 Å². The molecule has 0 aliphatic carbocycles. The van der Waals surface area contributed by atoms with E-state index in [1.54, 1.807) is 18.5 Å². The summed E-state index contributed by atoms with van der Waals surface area (Å²) in [6.45, 7) is 0. The second kappa shape index (κ2) is 6.51. The predicted octanol–water partition coefficient (Wildman–Crippen LogP) is 4.34. The molecule has 0 bridgehead atoms. The number of carbonyl (C=O) groups is 1. The smallest absolute Gasteiger partial charge is 0.259 e. The molecule has 0 saturated carbocycles. The van der Waals surface area contributed by atoms with Gasteiger partial charge in [0.1, 0.15) is 16.3 Å². The summed E-state index contributed by atoms with van der Waals surface area (Å²) in [4.78, 5) is 20.2. The van der Waals surface area contributed by atoms with E-state index in [4.69, 9.17) is 16.0 Å². The van der Waals surface area contributed by atoms with Crippen LogP contribution in [0.2, 0.25) is 5.15 Å². The SMILES string of the molecule is C.O=C(Nc1sc(-c2cccnc2)nc1Cl)c1ccoc1. The molecule has 0 atom stereocenters. The first kappa shape index (κ1) is 15.2. The highest BCUT2D eigenvalue weighted by Gasteiger charge is 2.15. The topological polar surface area (TPSA) is 68.0 Å². The maximum Gasteiger partial charge on any atom is 0.259 e. The Bertz CT molecular complexity index is 726. The van der Waals surface area contributed by atoms with Crippen LogP contribution < -0.4 is 5.32 Å². The van der Waals surface area contributed by atoms with Crippen molar-refractivity contribution in [3.8, 4) is 10.6 Å². The number of amides is 1. The van der Waals surface area contributed by atoms with E-state index in [1.807, 2.05) is 12.1 Å². The Labute approximate surface area is 130 Å². The molecule has 5 nitrogen and oxygen atoms in total. The molecule has 3 heterocycles. The molecule has 0 fully saturated rings. The predicted molar refractivity (Wildman–Crippen MR) is 83.7 cm³/mol. The van der Waals surface area contributed by atoms with Crippen molar-refractivity contribution in [1.29, 1.82) is 0 Å². The van der Waals surface area contributed by atoms with Crippen molar-refractivity contribution < 1.29 is 9.21 Å². The van der Waals surface area contributed by atoms with Crippen LogP contribution in [-0.2, 0) is 0 Å². The zero-order valence-corrected chi connectivity index (χ0v) is 11.6. The van der Waals surface area contributed by atoms with E-state index in [0.29, 0.717) is 15.6 Å². The van der Waals surface area contributed by atoms with Gasteiger partial charge < -0.3 is 9.73 Å². The minimum absolute atomic E-state index is 0. The van der Waals surface area contributed by atoms with Crippen LogP contribution in [0.25, 0.3) is 10.6 Å². The summed E-state index contributed by atoms with van der Waals surface area (Å²) in [7, 11) is 0. The van der Waals surface area contributed by atoms with Crippen molar-refractivity contribution in [3.05, 3.63) is 53.8 Å². The maximum absolute atomic E-state index is 11.9. The van der Waals surface area contributed by atoms with Crippen LogP contribution in [0.4, 0.5) is 5.00 Å². The third kappa shape index (κ3) is 3.29. The number of carbonyl (C=O) groups excluding carboxylic acids is 1. The average molecular weight is 322 g/mol. The zero-order chi connectivity index (χ0) is 13.9. The molecule has 1 amide bonds. The van der Waals surface area contributed by atoms with Crippen molar-refractivity contribution in [3.63, 3.8) is 0 Å². The fraction of sp³-hybridized carbons (Fsp3) is 0.0714. The highest BCUT2D eigenvalue weighted by Crippen LogP contribution is 2.34. The zero-order valence-electron chi connectivity index (χ0n) is 10.0. The molecule has 0 radical (unpaired) electrons. The Morgan fingerprint density at radius 2 is 2.24 bits per heavy atom. The van der Waals surface area contributed by atoms with Gasteiger partial charge in [-0.05, 0) is 18.2 Å². The molecule has 0 aromatic carbocycles. The molecule has 1 N–H and O–H groups in total. The summed E-state index contributed by atoms with van der Waals surface area (Å²) < 4.78 is 4.86. The van der Waals surface area contributed by atoms with E-state index in [1.165, 1.54) is 23.9 Å². The Morgan fingerprint density at radius 3 is 2.90 bits per heavy atom. The summed E-state index contributed by atoms with van der Waals surface area (Å²) in [5.41, 5.74) is 1.28. The highest BCUT2D eigenvalue weighted by atomic mass is 35.5. The molecule has 0 spiro atoms. The first-order valence-electron chi connectivity index (χ1n) is 5.64. The van der Waals surface area contributed by atoms with Gasteiger partial charge in [0.2, 0.25) is 0 Å². The van der Waals surface area contributed by atoms with Crippen molar-refractivity contribution in [2.75, 3.05) is 5.32 Å². The first-order valence-corrected chi connectivity index (χ1v) is 6.84. The van der Waals surface area contributed by atoms with Gasteiger partial charge in [0.05, 0.1) is 11.8 Å². The summed E-state index contributed by atoms with van der Waals surface area (Å²) in [6.07, 6.45) is 6.17. The van der Waals surface area contributed by atoms with Crippen molar-refractivity contribution >= 4 is 33.8 Å². The number of hydrogen-bond donors (Lipinski definition) is 1. The summed E-state index contributed by atoms with van der Waals surface area (Å²) in [5, 5.41) is 4.16. The standard InChI is InChI=1S/C13H8ClN3O2S.CH4/c14-10-13(17-11(18)9-3-5-19-7-9)20-12(16-10)8-2-1-4-15-6-8;/h1-7H,(H,17,18);1H4. The van der Waals surface area contributed by atoms with Crippen LogP contribution >= 0.6 is 22.9 Å². The van der Waals surface area contributed by atoms with Gasteiger partial charge in [-0.2, -0.15) is 0 Å². The van der Waals surface area contributed by atoms with Crippen LogP contribution in [0.1, 0.15) is 17.8 Å². The lowest BCUT2D eigenvalue weighted by Crippen LogP contribution is -2.09. The lowest BCUT2D eigenvalue weighted by atomic mass is 10.3. The van der Waals surface area contributed by atoms with Gasteiger partial charge in [-0.15, -0.1) is 0 Å².